The number of hydrogen-bond donors (Lipinski definition) is 4. The van der Waals surface area contributed by atoms with Crippen LogP contribution in [0.4, 0.5) is 5.95 Å². The third-order valence-electron chi connectivity index (χ3n) is 4.54. The highest BCUT2D eigenvalue weighted by molar-refractivity contribution is 5.70. The van der Waals surface area contributed by atoms with E-state index < -0.39 is 29.6 Å². The van der Waals surface area contributed by atoms with Crippen LogP contribution in [0.15, 0.2) is 11.1 Å². The van der Waals surface area contributed by atoms with E-state index in [-0.39, 0.29) is 23.7 Å². The van der Waals surface area contributed by atoms with Gasteiger partial charge in [-0.05, 0) is 12.8 Å². The van der Waals surface area contributed by atoms with Gasteiger partial charge in [0, 0.05) is 6.61 Å². The average Bonchev–Trinajstić information content (AvgIpc) is 3.21. The number of H-pyrrole nitrogens is 1. The molecule has 2 aromatic rings. The minimum atomic E-state index is -1.000. The molecule has 4 atom stereocenters. The van der Waals surface area contributed by atoms with Crippen molar-refractivity contribution in [1.29, 1.82) is 0 Å². The molecule has 2 fully saturated rings. The molecule has 2 aliphatic heterocycles. The molecule has 0 unspecified atom stereocenters. The predicted molar refractivity (Wildman–Crippen MR) is 77.5 cm³/mol. The molecular weight excluding hydrogens is 306 g/mol. The molecule has 10 heteroatoms. The molecule has 1 spiro atoms. The van der Waals surface area contributed by atoms with Crippen LogP contribution in [-0.2, 0) is 9.47 Å². The first-order valence-electron chi connectivity index (χ1n) is 7.37. The second-order valence-corrected chi connectivity index (χ2v) is 5.84. The first-order chi connectivity index (χ1) is 11.1. The van der Waals surface area contributed by atoms with Gasteiger partial charge in [-0.15, -0.1) is 0 Å². The second kappa shape index (κ2) is 4.99. The van der Waals surface area contributed by atoms with E-state index in [4.69, 9.17) is 15.2 Å². The minimum absolute atomic E-state index is 0.0390. The largest absolute Gasteiger partial charge is 0.394 e. The molecular formula is C13H17N5O5. The maximum atomic E-state index is 11.9. The number of hydrogen-bond acceptors (Lipinski definition) is 8. The van der Waals surface area contributed by atoms with Crippen molar-refractivity contribution < 1.29 is 19.7 Å². The van der Waals surface area contributed by atoms with Gasteiger partial charge in [-0.1, -0.05) is 0 Å². The number of nitrogen functional groups attached to an aromatic ring is 1. The van der Waals surface area contributed by atoms with E-state index in [0.29, 0.717) is 13.0 Å². The van der Waals surface area contributed by atoms with E-state index in [1.165, 1.54) is 10.9 Å². The molecule has 4 rings (SSSR count). The highest BCUT2D eigenvalue weighted by Crippen LogP contribution is 2.47. The Morgan fingerprint density at radius 1 is 1.57 bits per heavy atom. The normalized spacial score (nSPS) is 33.9. The van der Waals surface area contributed by atoms with Gasteiger partial charge in [-0.25, -0.2) is 4.98 Å². The van der Waals surface area contributed by atoms with Crippen molar-refractivity contribution in [2.24, 2.45) is 0 Å². The number of aromatic nitrogens is 4. The molecule has 2 aliphatic rings. The number of ether oxygens (including phenoxy) is 2. The van der Waals surface area contributed by atoms with Crippen LogP contribution in [0.3, 0.4) is 0 Å². The number of imidazole rings is 1. The molecule has 5 N–H and O–H groups in total. The zero-order chi connectivity index (χ0) is 16.2. The van der Waals surface area contributed by atoms with Gasteiger partial charge in [0.05, 0.1) is 12.9 Å². The molecule has 0 bridgehead atoms. The molecule has 2 aromatic heterocycles. The first-order valence-corrected chi connectivity index (χ1v) is 7.37. The summed E-state index contributed by atoms with van der Waals surface area (Å²) in [5.74, 6) is -0.0390. The summed E-state index contributed by atoms with van der Waals surface area (Å²) in [4.78, 5) is 22.5. The SMILES string of the molecule is Nc1nc2c(ncn2[C@@H]2O[C@H](CO)[C@@H](O)[C@]23CCCO3)c(=O)[nH]1. The van der Waals surface area contributed by atoms with Crippen molar-refractivity contribution in [1.82, 2.24) is 19.5 Å². The maximum absolute atomic E-state index is 11.9. The molecule has 23 heavy (non-hydrogen) atoms. The summed E-state index contributed by atoms with van der Waals surface area (Å²) in [6.07, 6.45) is 0.209. The lowest BCUT2D eigenvalue weighted by molar-refractivity contribution is -0.119. The van der Waals surface area contributed by atoms with E-state index in [2.05, 4.69) is 15.0 Å². The van der Waals surface area contributed by atoms with Crippen LogP contribution in [0.2, 0.25) is 0 Å². The summed E-state index contributed by atoms with van der Waals surface area (Å²) in [5, 5.41) is 20.0. The number of nitrogens with one attached hydrogen (secondary N) is 1. The van der Waals surface area contributed by atoms with Crippen molar-refractivity contribution in [3.05, 3.63) is 16.7 Å². The number of fused-ring (bicyclic) bond motifs is 1. The lowest BCUT2D eigenvalue weighted by atomic mass is 9.91. The fourth-order valence-corrected chi connectivity index (χ4v) is 3.49. The van der Waals surface area contributed by atoms with E-state index >= 15 is 0 Å². The summed E-state index contributed by atoms with van der Waals surface area (Å²) in [7, 11) is 0. The highest BCUT2D eigenvalue weighted by Gasteiger charge is 2.59. The fraction of sp³-hybridized carbons (Fsp3) is 0.615. The zero-order valence-electron chi connectivity index (χ0n) is 12.2. The van der Waals surface area contributed by atoms with Crippen LogP contribution < -0.4 is 11.3 Å². The topological polar surface area (TPSA) is 149 Å². The summed E-state index contributed by atoms with van der Waals surface area (Å²) in [6, 6.07) is 0. The molecule has 0 aromatic carbocycles. The Morgan fingerprint density at radius 2 is 2.39 bits per heavy atom. The van der Waals surface area contributed by atoms with Gasteiger partial charge in [-0.2, -0.15) is 4.98 Å². The Balaban J connectivity index is 1.88. The number of nitrogens with two attached hydrogens (primary N) is 1. The Bertz CT molecular complexity index is 796. The molecule has 124 valence electrons. The highest BCUT2D eigenvalue weighted by atomic mass is 16.6. The smallest absolute Gasteiger partial charge is 0.280 e. The minimum Gasteiger partial charge on any atom is -0.394 e. The molecule has 2 saturated heterocycles. The quantitative estimate of drug-likeness (QED) is 0.522. The van der Waals surface area contributed by atoms with E-state index in [1.54, 1.807) is 0 Å². The average molecular weight is 323 g/mol. The summed E-state index contributed by atoms with van der Waals surface area (Å²) < 4.78 is 13.1. The van der Waals surface area contributed by atoms with Crippen molar-refractivity contribution >= 4 is 17.1 Å². The van der Waals surface area contributed by atoms with Crippen molar-refractivity contribution in [3.8, 4) is 0 Å². The first kappa shape index (κ1) is 14.6. The number of aromatic amines is 1. The van der Waals surface area contributed by atoms with Crippen molar-refractivity contribution in [2.45, 2.75) is 36.9 Å². The van der Waals surface area contributed by atoms with Crippen molar-refractivity contribution in [2.75, 3.05) is 18.9 Å². The fourth-order valence-electron chi connectivity index (χ4n) is 3.49. The van der Waals surface area contributed by atoms with Crippen LogP contribution in [-0.4, -0.2) is 60.8 Å². The van der Waals surface area contributed by atoms with Crippen LogP contribution in [0.25, 0.3) is 11.2 Å². The standard InChI is InChI=1S/C13H17N5O5/c14-12-16-9-7(10(21)17-12)15-5-18(9)11-13(2-1-3-22-13)8(20)6(4-19)23-11/h5-6,8,11,19-20H,1-4H2,(H3,14,16,17,21)/t6-,8-,11-,13-/m1/s1. The number of nitrogens with zero attached hydrogens (tertiary/aromatic N) is 3. The van der Waals surface area contributed by atoms with Crippen LogP contribution in [0, 0.1) is 0 Å². The molecule has 0 radical (unpaired) electrons. The number of aliphatic hydroxyl groups excluding tert-OH is 2. The summed E-state index contributed by atoms with van der Waals surface area (Å²) >= 11 is 0. The van der Waals surface area contributed by atoms with Crippen LogP contribution in [0.1, 0.15) is 19.1 Å². The predicted octanol–water partition coefficient (Wildman–Crippen LogP) is -1.50. The summed E-state index contributed by atoms with van der Waals surface area (Å²) in [6.45, 7) is 0.142. The Kier molecular flexibility index (Phi) is 3.17. The van der Waals surface area contributed by atoms with E-state index in [1.807, 2.05) is 0 Å². The number of rotatable bonds is 2. The second-order valence-electron chi connectivity index (χ2n) is 5.84. The molecule has 4 heterocycles. The third kappa shape index (κ3) is 1.92. The van der Waals surface area contributed by atoms with Gasteiger partial charge in [0.2, 0.25) is 5.95 Å². The number of anilines is 1. The van der Waals surface area contributed by atoms with Gasteiger partial charge < -0.3 is 25.4 Å². The van der Waals surface area contributed by atoms with Gasteiger partial charge in [-0.3, -0.25) is 14.3 Å². The van der Waals surface area contributed by atoms with Gasteiger partial charge in [0.25, 0.3) is 5.56 Å². The van der Waals surface area contributed by atoms with Crippen LogP contribution in [0.5, 0.6) is 0 Å². The lowest BCUT2D eigenvalue weighted by Crippen LogP contribution is -2.46. The third-order valence-corrected chi connectivity index (χ3v) is 4.54. The van der Waals surface area contributed by atoms with E-state index in [0.717, 1.165) is 6.42 Å². The maximum Gasteiger partial charge on any atom is 0.280 e. The molecule has 10 nitrogen and oxygen atoms in total. The molecule has 0 amide bonds. The molecule has 0 aliphatic carbocycles. The number of aliphatic hydroxyl groups is 2. The van der Waals surface area contributed by atoms with Crippen molar-refractivity contribution in [3.63, 3.8) is 0 Å². The zero-order valence-corrected chi connectivity index (χ0v) is 12.2. The van der Waals surface area contributed by atoms with Crippen LogP contribution >= 0.6 is 0 Å². The monoisotopic (exact) mass is 323 g/mol. The van der Waals surface area contributed by atoms with E-state index in [9.17, 15) is 15.0 Å². The Labute approximate surface area is 129 Å². The molecule has 0 saturated carbocycles. The lowest BCUT2D eigenvalue weighted by Gasteiger charge is -2.31. The Morgan fingerprint density at radius 3 is 3.09 bits per heavy atom. The summed E-state index contributed by atoms with van der Waals surface area (Å²) in [5.41, 5.74) is 4.52. The van der Waals surface area contributed by atoms with Gasteiger partial charge >= 0.3 is 0 Å². The Hall–Kier alpha value is -2.01. The van der Waals surface area contributed by atoms with Gasteiger partial charge in [0.1, 0.15) is 17.8 Å². The van der Waals surface area contributed by atoms with Gasteiger partial charge in [0.15, 0.2) is 17.4 Å².